The zero-order valence-electron chi connectivity index (χ0n) is 15.2. The van der Waals surface area contributed by atoms with Gasteiger partial charge in [0.2, 0.25) is 0 Å². The van der Waals surface area contributed by atoms with Crippen molar-refractivity contribution in [1.82, 2.24) is 19.7 Å². The lowest BCUT2D eigenvalue weighted by Crippen LogP contribution is -2.41. The zero-order chi connectivity index (χ0) is 17.1. The Morgan fingerprint density at radius 2 is 1.71 bits per heavy atom. The normalized spacial score (nSPS) is 16.2. The summed E-state index contributed by atoms with van der Waals surface area (Å²) < 4.78 is 2.07. The second-order valence-electron chi connectivity index (χ2n) is 6.73. The van der Waals surface area contributed by atoms with Crippen LogP contribution in [0.1, 0.15) is 28.1 Å². The smallest absolute Gasteiger partial charge is 0.0685 e. The number of nitrogens with zero attached hydrogens (tertiary/aromatic N) is 5. The van der Waals surface area contributed by atoms with Crippen LogP contribution in [-0.4, -0.2) is 59.1 Å². The summed E-state index contributed by atoms with van der Waals surface area (Å²) in [7, 11) is 2.16. The maximum absolute atomic E-state index is 4.70. The molecule has 0 saturated carbocycles. The highest BCUT2D eigenvalue weighted by Crippen LogP contribution is 2.14. The van der Waals surface area contributed by atoms with Gasteiger partial charge < -0.3 is 4.90 Å². The van der Waals surface area contributed by atoms with Crippen LogP contribution in [0.15, 0.2) is 29.4 Å². The molecule has 24 heavy (non-hydrogen) atoms. The van der Waals surface area contributed by atoms with Crippen LogP contribution in [0.2, 0.25) is 0 Å². The Labute approximate surface area is 144 Å². The summed E-state index contributed by atoms with van der Waals surface area (Å²) in [6, 6.07) is 8.64. The molecule has 1 aromatic carbocycles. The Bertz CT molecular complexity index is 706. The van der Waals surface area contributed by atoms with E-state index >= 15 is 0 Å². The number of rotatable bonds is 4. The Kier molecular flexibility index (Phi) is 5.00. The van der Waals surface area contributed by atoms with Gasteiger partial charge in [0, 0.05) is 37.4 Å². The molecule has 1 aliphatic rings. The molecular formula is C19H27N5. The van der Waals surface area contributed by atoms with Crippen LogP contribution in [0.25, 0.3) is 0 Å². The van der Waals surface area contributed by atoms with E-state index in [1.54, 1.807) is 0 Å². The Morgan fingerprint density at radius 3 is 2.38 bits per heavy atom. The Balaban J connectivity index is 1.73. The molecule has 0 radical (unpaired) electrons. The lowest BCUT2D eigenvalue weighted by Gasteiger charge is -2.30. The van der Waals surface area contributed by atoms with Crippen molar-refractivity contribution >= 4 is 6.21 Å². The van der Waals surface area contributed by atoms with Gasteiger partial charge in [-0.2, -0.15) is 10.2 Å². The molecule has 0 N–H and O–H groups in total. The van der Waals surface area contributed by atoms with Gasteiger partial charge in [-0.25, -0.2) is 0 Å². The van der Waals surface area contributed by atoms with Gasteiger partial charge in [-0.05, 0) is 33.4 Å². The molecule has 0 bridgehead atoms. The fourth-order valence-electron chi connectivity index (χ4n) is 2.97. The van der Waals surface area contributed by atoms with Crippen molar-refractivity contribution in [1.29, 1.82) is 0 Å². The maximum Gasteiger partial charge on any atom is 0.0685 e. The van der Waals surface area contributed by atoms with Crippen LogP contribution >= 0.6 is 0 Å². The number of hydrazone groups is 1. The largest absolute Gasteiger partial charge is 0.303 e. The first-order chi connectivity index (χ1) is 11.5. The molecule has 1 saturated heterocycles. The summed E-state index contributed by atoms with van der Waals surface area (Å²) in [4.78, 5) is 2.34. The second kappa shape index (κ2) is 7.18. The summed E-state index contributed by atoms with van der Waals surface area (Å²) in [5, 5.41) is 11.5. The van der Waals surface area contributed by atoms with Gasteiger partial charge in [0.1, 0.15) is 0 Å². The molecule has 0 atom stereocenters. The van der Waals surface area contributed by atoms with Crippen molar-refractivity contribution < 1.29 is 0 Å². The van der Waals surface area contributed by atoms with Gasteiger partial charge in [0.05, 0.1) is 18.5 Å². The molecule has 0 amide bonds. The lowest BCUT2D eigenvalue weighted by atomic mass is 10.1. The minimum atomic E-state index is 0.801. The highest BCUT2D eigenvalue weighted by molar-refractivity contribution is 5.82. The van der Waals surface area contributed by atoms with Gasteiger partial charge in [-0.1, -0.05) is 29.8 Å². The monoisotopic (exact) mass is 325 g/mol. The maximum atomic E-state index is 4.70. The van der Waals surface area contributed by atoms with Crippen LogP contribution in [0.4, 0.5) is 0 Å². The van der Waals surface area contributed by atoms with Crippen LogP contribution < -0.4 is 0 Å². The van der Waals surface area contributed by atoms with Crippen molar-refractivity contribution in [3.8, 4) is 0 Å². The third-order valence-electron chi connectivity index (χ3n) is 4.72. The van der Waals surface area contributed by atoms with Gasteiger partial charge in [-0.15, -0.1) is 0 Å². The minimum absolute atomic E-state index is 0.801. The van der Waals surface area contributed by atoms with Gasteiger partial charge in [0.25, 0.3) is 0 Å². The van der Waals surface area contributed by atoms with E-state index in [0.29, 0.717) is 0 Å². The van der Waals surface area contributed by atoms with Crippen molar-refractivity contribution in [3.63, 3.8) is 0 Å². The SMILES string of the molecule is Cc1ccc(Cn2nc(C)c(/C=N/N3CCN(C)CC3)c2C)cc1. The quantitative estimate of drug-likeness (QED) is 0.810. The standard InChI is InChI=1S/C19H27N5/c1-15-5-7-18(8-6-15)14-24-17(3)19(16(2)21-24)13-20-23-11-9-22(4)10-12-23/h5-8,13H,9-12,14H2,1-4H3/b20-13+. The van der Waals surface area contributed by atoms with Crippen LogP contribution in [0.5, 0.6) is 0 Å². The van der Waals surface area contributed by atoms with Crippen LogP contribution in [0.3, 0.4) is 0 Å². The van der Waals surface area contributed by atoms with E-state index in [-0.39, 0.29) is 0 Å². The first-order valence-corrected chi connectivity index (χ1v) is 8.60. The van der Waals surface area contributed by atoms with Crippen LogP contribution in [0, 0.1) is 20.8 Å². The molecule has 5 heteroatoms. The van der Waals surface area contributed by atoms with Crippen LogP contribution in [-0.2, 0) is 6.54 Å². The average molecular weight is 325 g/mol. The molecule has 128 valence electrons. The highest BCUT2D eigenvalue weighted by atomic mass is 15.5. The summed E-state index contributed by atoms with van der Waals surface area (Å²) in [5.74, 6) is 0. The van der Waals surface area contributed by atoms with Crippen molar-refractivity contribution in [2.24, 2.45) is 5.10 Å². The predicted octanol–water partition coefficient (Wildman–Crippen LogP) is 2.44. The number of hydrogen-bond donors (Lipinski definition) is 0. The number of benzene rings is 1. The Hall–Kier alpha value is -2.14. The van der Waals surface area contributed by atoms with E-state index < -0.39 is 0 Å². The first-order valence-electron chi connectivity index (χ1n) is 8.60. The molecule has 1 aromatic heterocycles. The minimum Gasteiger partial charge on any atom is -0.303 e. The third-order valence-corrected chi connectivity index (χ3v) is 4.72. The number of hydrogen-bond acceptors (Lipinski definition) is 4. The molecule has 5 nitrogen and oxygen atoms in total. The summed E-state index contributed by atoms with van der Waals surface area (Å²) >= 11 is 0. The zero-order valence-corrected chi connectivity index (χ0v) is 15.2. The molecule has 0 unspecified atom stereocenters. The van der Waals surface area contributed by atoms with Crippen molar-refractivity contribution in [3.05, 3.63) is 52.3 Å². The fraction of sp³-hybridized carbons (Fsp3) is 0.474. The summed E-state index contributed by atoms with van der Waals surface area (Å²) in [6.45, 7) is 11.2. The molecule has 1 aliphatic heterocycles. The molecule has 1 fully saturated rings. The number of aromatic nitrogens is 2. The molecule has 0 spiro atoms. The van der Waals surface area contributed by atoms with E-state index in [1.165, 1.54) is 16.8 Å². The van der Waals surface area contributed by atoms with Crippen molar-refractivity contribution in [2.45, 2.75) is 27.3 Å². The van der Waals surface area contributed by atoms with Crippen molar-refractivity contribution in [2.75, 3.05) is 33.2 Å². The average Bonchev–Trinajstić information content (AvgIpc) is 2.83. The fourth-order valence-corrected chi connectivity index (χ4v) is 2.97. The number of likely N-dealkylation sites (N-methyl/N-ethyl adjacent to an activating group) is 1. The van der Waals surface area contributed by atoms with E-state index in [4.69, 9.17) is 5.10 Å². The third kappa shape index (κ3) is 3.85. The lowest BCUT2D eigenvalue weighted by molar-refractivity contribution is 0.159. The first kappa shape index (κ1) is 16.7. The van der Waals surface area contributed by atoms with Gasteiger partial charge >= 0.3 is 0 Å². The van der Waals surface area contributed by atoms with E-state index in [0.717, 1.165) is 44.0 Å². The molecular weight excluding hydrogens is 298 g/mol. The number of aryl methyl sites for hydroxylation is 2. The predicted molar refractivity (Wildman–Crippen MR) is 98.6 cm³/mol. The molecule has 0 aliphatic carbocycles. The number of piperazine rings is 1. The molecule has 2 heterocycles. The molecule has 2 aromatic rings. The Morgan fingerprint density at radius 1 is 1.04 bits per heavy atom. The molecule has 3 rings (SSSR count). The van der Waals surface area contributed by atoms with E-state index in [9.17, 15) is 0 Å². The highest BCUT2D eigenvalue weighted by Gasteiger charge is 2.13. The van der Waals surface area contributed by atoms with Gasteiger partial charge in [0.15, 0.2) is 0 Å². The van der Waals surface area contributed by atoms with E-state index in [1.807, 2.05) is 6.21 Å². The summed E-state index contributed by atoms with van der Waals surface area (Å²) in [6.07, 6.45) is 1.98. The topological polar surface area (TPSA) is 36.7 Å². The second-order valence-corrected chi connectivity index (χ2v) is 6.73. The van der Waals surface area contributed by atoms with E-state index in [2.05, 4.69) is 71.8 Å². The van der Waals surface area contributed by atoms with Gasteiger partial charge in [-0.3, -0.25) is 9.69 Å². The summed E-state index contributed by atoms with van der Waals surface area (Å²) in [5.41, 5.74) is 5.91.